The van der Waals surface area contributed by atoms with E-state index in [1.807, 2.05) is 6.92 Å². The molecule has 0 saturated heterocycles. The topological polar surface area (TPSA) is 124 Å². The van der Waals surface area contributed by atoms with Gasteiger partial charge in [0.25, 0.3) is 17.7 Å². The first-order chi connectivity index (χ1) is 12.8. The molecule has 8 nitrogen and oxygen atoms in total. The molecule has 1 aliphatic rings. The molecular formula is C19H16N2O6. The zero-order valence-electron chi connectivity index (χ0n) is 14.4. The van der Waals surface area contributed by atoms with Gasteiger partial charge in [0.15, 0.2) is 0 Å². The van der Waals surface area contributed by atoms with Crippen LogP contribution in [-0.4, -0.2) is 45.3 Å². The summed E-state index contributed by atoms with van der Waals surface area (Å²) in [6, 6.07) is 7.66. The molecule has 27 heavy (non-hydrogen) atoms. The molecule has 0 saturated carbocycles. The smallest absolute Gasteiger partial charge is 0.337 e. The highest BCUT2D eigenvalue weighted by molar-refractivity contribution is 6.22. The van der Waals surface area contributed by atoms with Gasteiger partial charge in [0.1, 0.15) is 5.75 Å². The van der Waals surface area contributed by atoms with Crippen molar-refractivity contribution >= 4 is 29.4 Å². The number of carboxylic acids is 1. The molecule has 1 aliphatic heterocycles. The Bertz CT molecular complexity index is 982. The quantitative estimate of drug-likeness (QED) is 0.550. The molecule has 0 radical (unpaired) electrons. The lowest BCUT2D eigenvalue weighted by atomic mass is 10.0. The minimum atomic E-state index is -1.31. The summed E-state index contributed by atoms with van der Waals surface area (Å²) in [6.07, 6.45) is 0.623. The maximum Gasteiger partial charge on any atom is 0.337 e. The average molecular weight is 368 g/mol. The van der Waals surface area contributed by atoms with Crippen LogP contribution in [-0.2, 0) is 0 Å². The number of nitrogens with one attached hydrogen (secondary N) is 1. The van der Waals surface area contributed by atoms with Gasteiger partial charge in [-0.2, -0.15) is 0 Å². The van der Waals surface area contributed by atoms with Crippen molar-refractivity contribution in [3.8, 4) is 5.75 Å². The molecule has 2 aromatic carbocycles. The number of carboxylic acid groups (broad SMARTS) is 1. The van der Waals surface area contributed by atoms with Crippen molar-refractivity contribution in [2.24, 2.45) is 0 Å². The van der Waals surface area contributed by atoms with Crippen LogP contribution >= 0.6 is 0 Å². The predicted molar refractivity (Wildman–Crippen MR) is 95.1 cm³/mol. The molecular weight excluding hydrogens is 352 g/mol. The highest BCUT2D eigenvalue weighted by Gasteiger charge is 2.35. The summed E-state index contributed by atoms with van der Waals surface area (Å²) < 4.78 is 0. The number of benzene rings is 2. The fraction of sp³-hybridized carbons (Fsp3) is 0.158. The lowest BCUT2D eigenvalue weighted by Crippen LogP contribution is -2.30. The van der Waals surface area contributed by atoms with Gasteiger partial charge in [0, 0.05) is 12.1 Å². The fourth-order valence-electron chi connectivity index (χ4n) is 2.87. The molecule has 3 N–H and O–H groups in total. The van der Waals surface area contributed by atoms with Crippen LogP contribution in [0.2, 0.25) is 0 Å². The second kappa shape index (κ2) is 6.91. The third-order valence-corrected chi connectivity index (χ3v) is 4.16. The number of imide groups is 1. The van der Waals surface area contributed by atoms with Crippen molar-refractivity contribution in [1.29, 1.82) is 0 Å². The Morgan fingerprint density at radius 3 is 2.41 bits per heavy atom. The normalized spacial score (nSPS) is 12.9. The number of phenols is 1. The van der Waals surface area contributed by atoms with Crippen LogP contribution < -0.4 is 5.32 Å². The summed E-state index contributed by atoms with van der Waals surface area (Å²) in [6.45, 7) is 2.14. The van der Waals surface area contributed by atoms with Gasteiger partial charge in [-0.3, -0.25) is 19.3 Å². The third-order valence-electron chi connectivity index (χ3n) is 4.16. The first-order valence-corrected chi connectivity index (χ1v) is 8.21. The zero-order valence-corrected chi connectivity index (χ0v) is 14.4. The van der Waals surface area contributed by atoms with Crippen molar-refractivity contribution in [2.45, 2.75) is 13.3 Å². The second-order valence-corrected chi connectivity index (χ2v) is 6.01. The lowest BCUT2D eigenvalue weighted by molar-refractivity contribution is 0.0650. The predicted octanol–water partition coefficient (Wildman–Crippen LogP) is 2.35. The molecule has 0 aliphatic carbocycles. The first kappa shape index (κ1) is 18.1. The highest BCUT2D eigenvalue weighted by atomic mass is 16.4. The molecule has 0 spiro atoms. The minimum absolute atomic E-state index is 0.000751. The highest BCUT2D eigenvalue weighted by Crippen LogP contribution is 2.26. The number of aromatic hydroxyl groups is 1. The number of carbonyl (C=O) groups is 4. The Morgan fingerprint density at radius 2 is 1.74 bits per heavy atom. The maximum atomic E-state index is 12.5. The number of phenolic OH excluding ortho intramolecular Hbond substituents is 1. The minimum Gasteiger partial charge on any atom is -0.508 e. The summed E-state index contributed by atoms with van der Waals surface area (Å²) in [4.78, 5) is 49.5. The lowest BCUT2D eigenvalue weighted by Gasteiger charge is -2.11. The van der Waals surface area contributed by atoms with Gasteiger partial charge in [0.05, 0.1) is 22.4 Å². The summed E-state index contributed by atoms with van der Waals surface area (Å²) in [5.74, 6) is -3.05. The maximum absolute atomic E-state index is 12.5. The van der Waals surface area contributed by atoms with E-state index in [1.54, 1.807) is 0 Å². The summed E-state index contributed by atoms with van der Waals surface area (Å²) in [7, 11) is 0. The Morgan fingerprint density at radius 1 is 1.04 bits per heavy atom. The van der Waals surface area contributed by atoms with E-state index in [0.717, 1.165) is 11.0 Å². The first-order valence-electron chi connectivity index (χ1n) is 8.21. The van der Waals surface area contributed by atoms with Crippen LogP contribution in [0.1, 0.15) is 54.8 Å². The Kier molecular flexibility index (Phi) is 4.64. The Hall–Kier alpha value is -3.68. The molecule has 138 valence electrons. The van der Waals surface area contributed by atoms with Crippen LogP contribution in [0.4, 0.5) is 5.69 Å². The number of fused-ring (bicyclic) bond motifs is 1. The van der Waals surface area contributed by atoms with Gasteiger partial charge in [-0.05, 0) is 42.8 Å². The van der Waals surface area contributed by atoms with Crippen molar-refractivity contribution in [3.05, 3.63) is 58.7 Å². The Balaban J connectivity index is 1.90. The van der Waals surface area contributed by atoms with Crippen LogP contribution in [0.3, 0.4) is 0 Å². The van der Waals surface area contributed by atoms with Crippen molar-refractivity contribution in [2.75, 3.05) is 11.9 Å². The third kappa shape index (κ3) is 3.24. The fourth-order valence-corrected chi connectivity index (χ4v) is 2.87. The Labute approximate surface area is 154 Å². The van der Waals surface area contributed by atoms with Gasteiger partial charge in [0.2, 0.25) is 0 Å². The molecule has 2 aromatic rings. The zero-order chi connectivity index (χ0) is 19.7. The largest absolute Gasteiger partial charge is 0.508 e. The second-order valence-electron chi connectivity index (χ2n) is 6.01. The molecule has 0 fully saturated rings. The van der Waals surface area contributed by atoms with Crippen LogP contribution in [0.5, 0.6) is 5.75 Å². The van der Waals surface area contributed by atoms with E-state index < -0.39 is 23.7 Å². The van der Waals surface area contributed by atoms with Crippen molar-refractivity contribution in [1.82, 2.24) is 4.90 Å². The molecule has 1 heterocycles. The molecule has 3 amide bonds. The van der Waals surface area contributed by atoms with Gasteiger partial charge in [-0.25, -0.2) is 4.79 Å². The number of anilines is 1. The van der Waals surface area contributed by atoms with Crippen LogP contribution in [0, 0.1) is 0 Å². The van der Waals surface area contributed by atoms with Crippen LogP contribution in [0.15, 0.2) is 36.4 Å². The summed E-state index contributed by atoms with van der Waals surface area (Å²) in [5.41, 5.74) is 0.217. The van der Waals surface area contributed by atoms with E-state index in [2.05, 4.69) is 5.32 Å². The van der Waals surface area contributed by atoms with Crippen molar-refractivity contribution < 1.29 is 29.4 Å². The molecule has 0 unspecified atom stereocenters. The number of hydrogen-bond acceptors (Lipinski definition) is 5. The molecule has 3 rings (SSSR count). The number of carbonyl (C=O) groups excluding carboxylic acids is 3. The van der Waals surface area contributed by atoms with E-state index in [0.29, 0.717) is 13.0 Å². The number of nitrogens with zero attached hydrogens (tertiary/aromatic N) is 1. The summed E-state index contributed by atoms with van der Waals surface area (Å²) >= 11 is 0. The number of amides is 3. The van der Waals surface area contributed by atoms with E-state index in [-0.39, 0.29) is 33.7 Å². The number of aromatic carboxylic acids is 1. The van der Waals surface area contributed by atoms with Gasteiger partial charge < -0.3 is 15.5 Å². The number of hydrogen-bond donors (Lipinski definition) is 3. The van der Waals surface area contributed by atoms with Gasteiger partial charge >= 0.3 is 5.97 Å². The van der Waals surface area contributed by atoms with E-state index >= 15 is 0 Å². The average Bonchev–Trinajstić information content (AvgIpc) is 2.87. The SMILES string of the molecule is CCCN1C(=O)c2ccc(C(=O)Nc3ccc(O)cc3C(=O)O)cc2C1=O. The molecule has 0 atom stereocenters. The van der Waals surface area contributed by atoms with E-state index in [1.165, 1.54) is 30.3 Å². The monoisotopic (exact) mass is 368 g/mol. The summed E-state index contributed by atoms with van der Waals surface area (Å²) in [5, 5.41) is 21.1. The standard InChI is InChI=1S/C19H16N2O6/c1-2-7-21-17(24)12-5-3-10(8-13(12)18(21)25)16(23)20-15-6-4-11(22)9-14(15)19(26)27/h3-6,8-9,22H,2,7H2,1H3,(H,20,23)(H,26,27). The number of rotatable bonds is 5. The van der Waals surface area contributed by atoms with Crippen molar-refractivity contribution in [3.63, 3.8) is 0 Å². The molecule has 8 heteroatoms. The van der Waals surface area contributed by atoms with Gasteiger partial charge in [-0.1, -0.05) is 6.92 Å². The van der Waals surface area contributed by atoms with Gasteiger partial charge in [-0.15, -0.1) is 0 Å². The molecule has 0 bridgehead atoms. The van der Waals surface area contributed by atoms with E-state index in [9.17, 15) is 29.4 Å². The van der Waals surface area contributed by atoms with E-state index in [4.69, 9.17) is 0 Å². The van der Waals surface area contributed by atoms with Crippen LogP contribution in [0.25, 0.3) is 0 Å². The molecule has 0 aromatic heterocycles.